The number of nitrogens with zero attached hydrogens (tertiary/aromatic N) is 4. The van der Waals surface area contributed by atoms with Gasteiger partial charge in [0.15, 0.2) is 24.8 Å². The summed E-state index contributed by atoms with van der Waals surface area (Å²) >= 11 is 0. The van der Waals surface area contributed by atoms with Crippen molar-refractivity contribution in [2.45, 2.75) is 51.6 Å². The first-order valence-corrected chi connectivity index (χ1v) is 11.2. The molecule has 0 N–H and O–H groups in total. The lowest BCUT2D eigenvalue weighted by Crippen LogP contribution is -3.00. The number of hydrogen-bond donors (Lipinski definition) is 0. The molecule has 32 heavy (non-hydrogen) atoms. The Hall–Kier alpha value is -2.18. The first-order chi connectivity index (χ1) is 14.7. The molecular formula is C24H32Cl2N4O2. The number of carbonyl (C=O) groups excluding carboxylic acids is 2. The normalized spacial score (nSPS) is 16.0. The molecule has 2 aromatic heterocycles. The molecule has 174 valence electrons. The van der Waals surface area contributed by atoms with Crippen molar-refractivity contribution >= 4 is 11.8 Å². The van der Waals surface area contributed by atoms with E-state index in [9.17, 15) is 9.59 Å². The molecule has 2 aromatic rings. The van der Waals surface area contributed by atoms with Crippen LogP contribution in [0.1, 0.15) is 38.5 Å². The smallest absolute Gasteiger partial charge is 0.288 e. The summed E-state index contributed by atoms with van der Waals surface area (Å²) in [4.78, 5) is 28.8. The molecule has 0 unspecified atom stereocenters. The van der Waals surface area contributed by atoms with Gasteiger partial charge >= 0.3 is 0 Å². The lowest BCUT2D eigenvalue weighted by molar-refractivity contribution is -0.685. The highest BCUT2D eigenvalue weighted by atomic mass is 35.5. The van der Waals surface area contributed by atoms with Crippen molar-refractivity contribution in [2.75, 3.05) is 26.2 Å². The number of rotatable bonds is 5. The van der Waals surface area contributed by atoms with E-state index in [1.54, 1.807) is 0 Å². The van der Waals surface area contributed by atoms with Crippen molar-refractivity contribution in [3.05, 3.63) is 49.1 Å². The summed E-state index contributed by atoms with van der Waals surface area (Å²) in [6.45, 7) is 4.36. The van der Waals surface area contributed by atoms with Gasteiger partial charge in [0.05, 0.1) is 0 Å². The number of piperidine rings is 2. The van der Waals surface area contributed by atoms with Crippen molar-refractivity contribution in [3.8, 4) is 11.1 Å². The highest BCUT2D eigenvalue weighted by molar-refractivity contribution is 5.75. The molecule has 2 aliphatic heterocycles. The Labute approximate surface area is 203 Å². The van der Waals surface area contributed by atoms with Crippen molar-refractivity contribution in [2.24, 2.45) is 0 Å². The van der Waals surface area contributed by atoms with Gasteiger partial charge in [-0.25, -0.2) is 0 Å². The minimum absolute atomic E-state index is 0. The summed E-state index contributed by atoms with van der Waals surface area (Å²) in [6.07, 6.45) is 14.8. The topological polar surface area (TPSA) is 48.4 Å². The average molecular weight is 479 g/mol. The van der Waals surface area contributed by atoms with Crippen molar-refractivity contribution < 1.29 is 43.5 Å². The molecule has 0 radical (unpaired) electrons. The van der Waals surface area contributed by atoms with Gasteiger partial charge in [0.2, 0.25) is 13.1 Å². The van der Waals surface area contributed by atoms with E-state index in [0.717, 1.165) is 63.0 Å². The van der Waals surface area contributed by atoms with Gasteiger partial charge < -0.3 is 34.6 Å². The number of amides is 2. The predicted molar refractivity (Wildman–Crippen MR) is 113 cm³/mol. The second kappa shape index (κ2) is 12.8. The van der Waals surface area contributed by atoms with Crippen LogP contribution in [0.25, 0.3) is 11.1 Å². The molecule has 0 spiro atoms. The minimum Gasteiger partial charge on any atom is -1.00 e. The van der Waals surface area contributed by atoms with Crippen molar-refractivity contribution in [3.63, 3.8) is 0 Å². The van der Waals surface area contributed by atoms with Crippen LogP contribution in [-0.2, 0) is 22.7 Å². The number of likely N-dealkylation sites (tertiary alicyclic amines) is 2. The lowest BCUT2D eigenvalue weighted by atomic mass is 10.1. The van der Waals surface area contributed by atoms with E-state index < -0.39 is 0 Å². The number of halogens is 2. The third-order valence-corrected chi connectivity index (χ3v) is 6.17. The molecule has 2 saturated heterocycles. The lowest BCUT2D eigenvalue weighted by Gasteiger charge is -2.25. The summed E-state index contributed by atoms with van der Waals surface area (Å²) in [6, 6.07) is 8.17. The zero-order valence-electron chi connectivity index (χ0n) is 18.5. The Balaban J connectivity index is 0.00000181. The van der Waals surface area contributed by atoms with E-state index in [4.69, 9.17) is 0 Å². The summed E-state index contributed by atoms with van der Waals surface area (Å²) in [5, 5.41) is 0. The van der Waals surface area contributed by atoms with E-state index in [2.05, 4.69) is 0 Å². The maximum absolute atomic E-state index is 12.4. The third kappa shape index (κ3) is 6.91. The maximum Gasteiger partial charge on any atom is 0.288 e. The van der Waals surface area contributed by atoms with Gasteiger partial charge in [-0.1, -0.05) is 0 Å². The molecule has 6 nitrogen and oxygen atoms in total. The van der Waals surface area contributed by atoms with Crippen LogP contribution in [0.3, 0.4) is 0 Å². The quantitative estimate of drug-likeness (QED) is 0.411. The van der Waals surface area contributed by atoms with Gasteiger partial charge in [-0.05, 0) is 49.7 Å². The van der Waals surface area contributed by atoms with Crippen LogP contribution in [0.2, 0.25) is 0 Å². The molecule has 0 atom stereocenters. The van der Waals surface area contributed by atoms with E-state index >= 15 is 0 Å². The molecule has 0 aromatic carbocycles. The van der Waals surface area contributed by atoms with Crippen molar-refractivity contribution in [1.29, 1.82) is 0 Å². The Bertz CT molecular complexity index is 789. The Morgan fingerprint density at radius 2 is 0.906 bits per heavy atom. The molecule has 4 rings (SSSR count). The van der Waals surface area contributed by atoms with Crippen LogP contribution in [0.15, 0.2) is 49.1 Å². The van der Waals surface area contributed by atoms with E-state index in [1.807, 2.05) is 68.0 Å². The SMILES string of the molecule is O=C(C[n+]1ccc(-c2cc[n+](CC(=O)N3CCCCC3)cc2)cc1)N1CCCCC1.[Cl-].[Cl-]. The van der Waals surface area contributed by atoms with Gasteiger partial charge in [0, 0.05) is 50.4 Å². The first-order valence-electron chi connectivity index (χ1n) is 11.2. The molecule has 8 heteroatoms. The number of carbonyl (C=O) groups is 2. The van der Waals surface area contributed by atoms with Crippen LogP contribution >= 0.6 is 0 Å². The molecule has 2 amide bonds. The fourth-order valence-corrected chi connectivity index (χ4v) is 4.31. The average Bonchev–Trinajstić information content (AvgIpc) is 2.81. The second-order valence-electron chi connectivity index (χ2n) is 8.40. The summed E-state index contributed by atoms with van der Waals surface area (Å²) in [5.41, 5.74) is 2.21. The fourth-order valence-electron chi connectivity index (χ4n) is 4.31. The molecule has 0 bridgehead atoms. The van der Waals surface area contributed by atoms with E-state index in [-0.39, 0.29) is 36.6 Å². The van der Waals surface area contributed by atoms with Gasteiger partial charge in [-0.15, -0.1) is 0 Å². The van der Waals surface area contributed by atoms with E-state index in [0.29, 0.717) is 13.1 Å². The van der Waals surface area contributed by atoms with Crippen LogP contribution in [-0.4, -0.2) is 47.8 Å². The van der Waals surface area contributed by atoms with Crippen LogP contribution in [0.4, 0.5) is 0 Å². The molecule has 4 heterocycles. The van der Waals surface area contributed by atoms with Crippen LogP contribution in [0.5, 0.6) is 0 Å². The largest absolute Gasteiger partial charge is 1.00 e. The Kier molecular flexibility index (Phi) is 10.4. The molecular weight excluding hydrogens is 447 g/mol. The first kappa shape index (κ1) is 26.1. The Morgan fingerprint density at radius 1 is 0.594 bits per heavy atom. The van der Waals surface area contributed by atoms with Gasteiger partial charge in [-0.3, -0.25) is 9.59 Å². The van der Waals surface area contributed by atoms with Crippen molar-refractivity contribution in [1.82, 2.24) is 9.80 Å². The Morgan fingerprint density at radius 3 is 1.22 bits per heavy atom. The zero-order chi connectivity index (χ0) is 20.8. The van der Waals surface area contributed by atoms with E-state index in [1.165, 1.54) is 12.8 Å². The van der Waals surface area contributed by atoms with Gasteiger partial charge in [0.25, 0.3) is 11.8 Å². The third-order valence-electron chi connectivity index (χ3n) is 6.17. The summed E-state index contributed by atoms with van der Waals surface area (Å²) in [7, 11) is 0. The van der Waals surface area contributed by atoms with Crippen LogP contribution in [0, 0.1) is 0 Å². The molecule has 0 saturated carbocycles. The molecule has 2 fully saturated rings. The van der Waals surface area contributed by atoms with Gasteiger partial charge in [0.1, 0.15) is 0 Å². The van der Waals surface area contributed by atoms with Gasteiger partial charge in [-0.2, -0.15) is 9.13 Å². The predicted octanol–water partition coefficient (Wildman–Crippen LogP) is -4.04. The minimum atomic E-state index is 0. The number of hydrogen-bond acceptors (Lipinski definition) is 2. The maximum atomic E-state index is 12.4. The second-order valence-corrected chi connectivity index (χ2v) is 8.40. The highest BCUT2D eigenvalue weighted by Crippen LogP contribution is 2.16. The number of pyridine rings is 2. The standard InChI is InChI=1S/C24H32N4O2.2ClH/c29-23(27-11-3-1-4-12-27)19-25-15-7-21(8-16-25)22-9-17-26(18-10-22)20-24(30)28-13-5-2-6-14-28;;/h7-10,15-18H,1-6,11-14,19-20H2;2*1H/q+2;;/p-2. The molecule has 0 aliphatic carbocycles. The molecule has 2 aliphatic rings. The summed E-state index contributed by atoms with van der Waals surface area (Å²) in [5.74, 6) is 0.401. The fraction of sp³-hybridized carbons (Fsp3) is 0.500. The highest BCUT2D eigenvalue weighted by Gasteiger charge is 2.21. The van der Waals surface area contributed by atoms with Crippen LogP contribution < -0.4 is 33.9 Å². The summed E-state index contributed by atoms with van der Waals surface area (Å²) < 4.78 is 3.89. The number of aromatic nitrogens is 2. The zero-order valence-corrected chi connectivity index (χ0v) is 20.0. The monoisotopic (exact) mass is 478 g/mol.